The smallest absolute Gasteiger partial charge is 0.309 e. The highest BCUT2D eigenvalue weighted by Gasteiger charge is 2.58. The molecule has 3 aliphatic rings. The Morgan fingerprint density at radius 3 is 2.92 bits per heavy atom. The summed E-state index contributed by atoms with van der Waals surface area (Å²) in [4.78, 5) is 18.6. The molecule has 1 aromatic rings. The first kappa shape index (κ1) is 17.3. The summed E-state index contributed by atoms with van der Waals surface area (Å²) in [7, 11) is 0. The first-order valence-corrected chi connectivity index (χ1v) is 10.7. The van der Waals surface area contributed by atoms with Crippen molar-refractivity contribution in [2.45, 2.75) is 71.8 Å². The van der Waals surface area contributed by atoms with Gasteiger partial charge < -0.3 is 10.1 Å². The summed E-state index contributed by atoms with van der Waals surface area (Å²) in [5.74, 6) is 1.23. The van der Waals surface area contributed by atoms with E-state index in [9.17, 15) is 4.79 Å². The van der Waals surface area contributed by atoms with Gasteiger partial charge in [0, 0.05) is 29.2 Å². The summed E-state index contributed by atoms with van der Waals surface area (Å²) in [5, 5.41) is 4.57. The van der Waals surface area contributed by atoms with E-state index in [4.69, 9.17) is 9.72 Å². The van der Waals surface area contributed by atoms with Crippen LogP contribution in [-0.2, 0) is 16.0 Å². The van der Waals surface area contributed by atoms with Crippen LogP contribution in [0.3, 0.4) is 0 Å². The Morgan fingerprint density at radius 2 is 2.16 bits per heavy atom. The SMILES string of the molecule is CCCCNc1nc2c(s1)CC1(C)CCC3C(C)C(=O)OC3C1C2C. The number of nitrogens with zero attached hydrogens (tertiary/aromatic N) is 1. The van der Waals surface area contributed by atoms with Gasteiger partial charge in [-0.05, 0) is 31.1 Å². The summed E-state index contributed by atoms with van der Waals surface area (Å²) >= 11 is 1.84. The number of anilines is 1. The molecule has 2 fully saturated rings. The molecule has 0 bridgehead atoms. The second-order valence-corrected chi connectivity index (χ2v) is 9.73. The molecular formula is C20H30N2O2S. The topological polar surface area (TPSA) is 51.2 Å². The molecule has 25 heavy (non-hydrogen) atoms. The van der Waals surface area contributed by atoms with E-state index in [1.807, 2.05) is 18.3 Å². The van der Waals surface area contributed by atoms with Crippen molar-refractivity contribution in [1.29, 1.82) is 0 Å². The molecular weight excluding hydrogens is 332 g/mol. The number of carbonyl (C=O) groups excluding carboxylic acids is 1. The van der Waals surface area contributed by atoms with Crippen LogP contribution < -0.4 is 5.32 Å². The summed E-state index contributed by atoms with van der Waals surface area (Å²) in [6.07, 6.45) is 5.86. The van der Waals surface area contributed by atoms with Gasteiger partial charge in [-0.25, -0.2) is 4.98 Å². The number of fused-ring (bicyclic) bond motifs is 4. The van der Waals surface area contributed by atoms with Gasteiger partial charge in [-0.1, -0.05) is 34.1 Å². The molecule has 6 unspecified atom stereocenters. The lowest BCUT2D eigenvalue weighted by molar-refractivity contribution is -0.149. The Morgan fingerprint density at radius 1 is 1.36 bits per heavy atom. The van der Waals surface area contributed by atoms with Gasteiger partial charge in [-0.3, -0.25) is 4.79 Å². The van der Waals surface area contributed by atoms with E-state index in [-0.39, 0.29) is 23.4 Å². The van der Waals surface area contributed by atoms with Gasteiger partial charge >= 0.3 is 5.97 Å². The second-order valence-electron chi connectivity index (χ2n) is 8.65. The van der Waals surface area contributed by atoms with E-state index in [1.54, 1.807) is 0 Å². The van der Waals surface area contributed by atoms with Crippen LogP contribution in [0.1, 0.15) is 69.9 Å². The number of esters is 1. The number of aromatic nitrogens is 1. The lowest BCUT2D eigenvalue weighted by atomic mass is 9.54. The average Bonchev–Trinajstić information content (AvgIpc) is 3.08. The van der Waals surface area contributed by atoms with Gasteiger partial charge in [0.1, 0.15) is 6.10 Å². The van der Waals surface area contributed by atoms with Crippen molar-refractivity contribution in [3.8, 4) is 0 Å². The van der Waals surface area contributed by atoms with Crippen molar-refractivity contribution >= 4 is 22.4 Å². The molecule has 0 radical (unpaired) electrons. The fourth-order valence-corrected chi connectivity index (χ4v) is 6.82. The summed E-state index contributed by atoms with van der Waals surface area (Å²) in [6.45, 7) is 9.97. The van der Waals surface area contributed by atoms with Crippen LogP contribution in [0.25, 0.3) is 0 Å². The Labute approximate surface area is 154 Å². The molecule has 1 saturated heterocycles. The van der Waals surface area contributed by atoms with Gasteiger partial charge in [-0.15, -0.1) is 11.3 Å². The minimum atomic E-state index is 0.0115. The molecule has 0 aromatic carbocycles. The summed E-state index contributed by atoms with van der Waals surface area (Å²) < 4.78 is 5.90. The molecule has 4 nitrogen and oxygen atoms in total. The van der Waals surface area contributed by atoms with E-state index in [1.165, 1.54) is 29.8 Å². The first-order valence-electron chi connectivity index (χ1n) is 9.88. The van der Waals surface area contributed by atoms with E-state index in [0.717, 1.165) is 24.5 Å². The Balaban J connectivity index is 1.62. The lowest BCUT2D eigenvalue weighted by Crippen LogP contribution is -2.50. The van der Waals surface area contributed by atoms with Gasteiger partial charge in [0.25, 0.3) is 0 Å². The normalized spacial score (nSPS) is 39.4. The van der Waals surface area contributed by atoms with Crippen molar-refractivity contribution in [1.82, 2.24) is 4.98 Å². The van der Waals surface area contributed by atoms with E-state index in [0.29, 0.717) is 17.8 Å². The predicted octanol–water partition coefficient (Wildman–Crippen LogP) is 4.61. The number of hydrogen-bond acceptors (Lipinski definition) is 5. The number of carbonyl (C=O) groups is 1. The minimum absolute atomic E-state index is 0.0115. The molecule has 0 amide bonds. The quantitative estimate of drug-likeness (QED) is 0.628. The molecule has 0 spiro atoms. The maximum atomic E-state index is 12.2. The largest absolute Gasteiger partial charge is 0.461 e. The fraction of sp³-hybridized carbons (Fsp3) is 0.800. The molecule has 1 aliphatic heterocycles. The van der Waals surface area contributed by atoms with Gasteiger partial charge in [0.2, 0.25) is 0 Å². The summed E-state index contributed by atoms with van der Waals surface area (Å²) in [5.41, 5.74) is 1.48. The lowest BCUT2D eigenvalue weighted by Gasteiger charge is -2.51. The van der Waals surface area contributed by atoms with Crippen LogP contribution in [-0.4, -0.2) is 23.6 Å². The molecule has 138 valence electrons. The molecule has 2 aliphatic carbocycles. The van der Waals surface area contributed by atoms with Crippen LogP contribution in [0.2, 0.25) is 0 Å². The second kappa shape index (κ2) is 6.26. The van der Waals surface area contributed by atoms with Gasteiger partial charge in [0.15, 0.2) is 5.13 Å². The highest BCUT2D eigenvalue weighted by atomic mass is 32.1. The zero-order valence-corrected chi connectivity index (χ0v) is 16.6. The summed E-state index contributed by atoms with van der Waals surface area (Å²) in [6, 6.07) is 0. The Hall–Kier alpha value is -1.10. The van der Waals surface area contributed by atoms with Crippen molar-refractivity contribution < 1.29 is 9.53 Å². The molecule has 5 heteroatoms. The van der Waals surface area contributed by atoms with Crippen molar-refractivity contribution in [3.05, 3.63) is 10.6 Å². The van der Waals surface area contributed by atoms with Crippen molar-refractivity contribution in [3.63, 3.8) is 0 Å². The molecule has 1 saturated carbocycles. The molecule has 4 rings (SSSR count). The third kappa shape index (κ3) is 2.70. The Bertz CT molecular complexity index is 673. The number of hydrogen-bond donors (Lipinski definition) is 1. The predicted molar refractivity (Wildman–Crippen MR) is 101 cm³/mol. The number of rotatable bonds is 4. The highest BCUT2D eigenvalue weighted by Crippen LogP contribution is 2.59. The molecule has 2 heterocycles. The standard InChI is InChI=1S/C20H30N2O2S/c1-5-6-9-21-19-22-16-12(3)15-17-13(11(2)18(23)24-17)7-8-20(15,4)10-14(16)25-19/h11-13,15,17H,5-10H2,1-4H3,(H,21,22). The maximum absolute atomic E-state index is 12.2. The zero-order valence-electron chi connectivity index (χ0n) is 15.8. The average molecular weight is 363 g/mol. The number of ether oxygens (including phenoxy) is 1. The van der Waals surface area contributed by atoms with Crippen molar-refractivity contribution in [2.75, 3.05) is 11.9 Å². The molecule has 6 atom stereocenters. The maximum Gasteiger partial charge on any atom is 0.309 e. The molecule has 1 aromatic heterocycles. The van der Waals surface area contributed by atoms with Crippen LogP contribution in [0, 0.1) is 23.2 Å². The highest BCUT2D eigenvalue weighted by molar-refractivity contribution is 7.15. The minimum Gasteiger partial charge on any atom is -0.461 e. The third-order valence-corrected chi connectivity index (χ3v) is 7.99. The monoisotopic (exact) mass is 362 g/mol. The molecule has 1 N–H and O–H groups in total. The van der Waals surface area contributed by atoms with Gasteiger partial charge in [-0.2, -0.15) is 0 Å². The van der Waals surface area contributed by atoms with Crippen LogP contribution in [0.15, 0.2) is 0 Å². The van der Waals surface area contributed by atoms with E-state index < -0.39 is 0 Å². The zero-order chi connectivity index (χ0) is 17.8. The van der Waals surface area contributed by atoms with Crippen LogP contribution >= 0.6 is 11.3 Å². The van der Waals surface area contributed by atoms with E-state index >= 15 is 0 Å². The van der Waals surface area contributed by atoms with E-state index in [2.05, 4.69) is 26.1 Å². The Kier molecular flexibility index (Phi) is 4.33. The third-order valence-electron chi connectivity index (χ3n) is 6.96. The first-order chi connectivity index (χ1) is 11.9. The van der Waals surface area contributed by atoms with Crippen LogP contribution in [0.4, 0.5) is 5.13 Å². The number of nitrogens with one attached hydrogen (secondary N) is 1. The fourth-order valence-electron chi connectivity index (χ4n) is 5.53. The van der Waals surface area contributed by atoms with Crippen molar-refractivity contribution in [2.24, 2.45) is 23.2 Å². The number of thiazole rings is 1. The van der Waals surface area contributed by atoms with Crippen LogP contribution in [0.5, 0.6) is 0 Å². The van der Waals surface area contributed by atoms with Gasteiger partial charge in [0.05, 0.1) is 11.6 Å². The number of unbranched alkanes of at least 4 members (excludes halogenated alkanes) is 1.